The molecule has 2 N–H and O–H groups in total. The van der Waals surface area contributed by atoms with Gasteiger partial charge in [0, 0.05) is 5.56 Å². The average Bonchev–Trinajstić information content (AvgIpc) is 2.84. The summed E-state index contributed by atoms with van der Waals surface area (Å²) in [5.74, 6) is -2.97. The first kappa shape index (κ1) is 28.6. The number of carbonyl (C=O) groups excluding carboxylic acids is 1. The lowest BCUT2D eigenvalue weighted by Crippen LogP contribution is -2.39. The molecule has 0 atom stereocenters. The van der Waals surface area contributed by atoms with Crippen molar-refractivity contribution in [1.29, 1.82) is 0 Å². The maximum atomic E-state index is 14.8. The van der Waals surface area contributed by atoms with Gasteiger partial charge in [-0.05, 0) is 35.9 Å². The molecule has 0 aliphatic heterocycles. The van der Waals surface area contributed by atoms with E-state index in [4.69, 9.17) is 46.7 Å². The van der Waals surface area contributed by atoms with Crippen molar-refractivity contribution in [3.05, 3.63) is 97.3 Å². The third-order valence-electron chi connectivity index (χ3n) is 5.63. The summed E-state index contributed by atoms with van der Waals surface area (Å²) in [4.78, 5) is 30.6. The lowest BCUT2D eigenvalue weighted by Gasteiger charge is -2.26. The number of aromatic hydroxyl groups is 1. The summed E-state index contributed by atoms with van der Waals surface area (Å²) in [7, 11) is 17.3. The SMILES string of the molecule is [B]C([B])([B])c1nc2c(F)ccc(NC(=O)c3cc(Cl)c(O)c(Cl)c3)c2c(=O)n1Cc1ccccc1C(F)(F)F. The van der Waals surface area contributed by atoms with E-state index < -0.39 is 63.2 Å². The van der Waals surface area contributed by atoms with Gasteiger partial charge in [0.05, 0.1) is 62.6 Å². The molecule has 3 aromatic carbocycles. The molecule has 6 radical (unpaired) electrons. The molecule has 0 aliphatic rings. The van der Waals surface area contributed by atoms with Gasteiger partial charge >= 0.3 is 6.18 Å². The fourth-order valence-electron chi connectivity index (χ4n) is 3.87. The van der Waals surface area contributed by atoms with E-state index in [9.17, 15) is 32.3 Å². The molecule has 192 valence electrons. The Bertz CT molecular complexity index is 1670. The van der Waals surface area contributed by atoms with E-state index in [1.54, 1.807) is 0 Å². The Kier molecular flexibility index (Phi) is 7.53. The van der Waals surface area contributed by atoms with Gasteiger partial charge < -0.3 is 10.4 Å². The predicted molar refractivity (Wildman–Crippen MR) is 142 cm³/mol. The minimum atomic E-state index is -4.77. The molecular formula is C24H12B3Cl2F4N3O3. The number of aromatic nitrogens is 2. The number of phenols is 1. The molecule has 4 aromatic rings. The van der Waals surface area contributed by atoms with Crippen LogP contribution >= 0.6 is 23.2 Å². The Balaban J connectivity index is 1.93. The van der Waals surface area contributed by atoms with Gasteiger partial charge in [-0.3, -0.25) is 14.2 Å². The summed E-state index contributed by atoms with van der Waals surface area (Å²) in [5.41, 5.74) is -3.47. The molecule has 1 amide bonds. The number of nitrogens with zero attached hydrogens (tertiary/aromatic N) is 2. The number of nitrogens with one attached hydrogen (secondary N) is 1. The molecule has 0 fully saturated rings. The second-order valence-corrected chi connectivity index (χ2v) is 9.29. The van der Waals surface area contributed by atoms with E-state index in [0.717, 1.165) is 36.4 Å². The lowest BCUT2D eigenvalue weighted by molar-refractivity contribution is -0.138. The molecule has 1 aromatic heterocycles. The number of phenolic OH excluding ortho intramolecular Hbond substituents is 1. The van der Waals surface area contributed by atoms with Crippen LogP contribution in [0.25, 0.3) is 10.9 Å². The van der Waals surface area contributed by atoms with E-state index in [0.29, 0.717) is 4.57 Å². The molecule has 6 nitrogen and oxygen atoms in total. The summed E-state index contributed by atoms with van der Waals surface area (Å²) in [6.07, 6.45) is -4.77. The monoisotopic (exact) mass is 569 g/mol. The zero-order valence-electron chi connectivity index (χ0n) is 19.5. The minimum Gasteiger partial charge on any atom is -0.505 e. The Morgan fingerprint density at radius 1 is 1.05 bits per heavy atom. The van der Waals surface area contributed by atoms with Crippen LogP contribution in [-0.4, -0.2) is 44.1 Å². The van der Waals surface area contributed by atoms with Crippen molar-refractivity contribution in [3.8, 4) is 5.75 Å². The molecule has 4 rings (SSSR count). The fourth-order valence-corrected chi connectivity index (χ4v) is 4.35. The first-order valence-electron chi connectivity index (χ1n) is 10.8. The van der Waals surface area contributed by atoms with Crippen LogP contribution in [0.4, 0.5) is 23.2 Å². The van der Waals surface area contributed by atoms with E-state index in [1.807, 2.05) is 0 Å². The number of anilines is 1. The van der Waals surface area contributed by atoms with Crippen LogP contribution in [-0.2, 0) is 17.8 Å². The van der Waals surface area contributed by atoms with Crippen LogP contribution in [0.5, 0.6) is 5.75 Å². The topological polar surface area (TPSA) is 84.2 Å². The first-order valence-corrected chi connectivity index (χ1v) is 11.6. The van der Waals surface area contributed by atoms with Gasteiger partial charge in [0.2, 0.25) is 0 Å². The number of rotatable bonds is 5. The van der Waals surface area contributed by atoms with Crippen molar-refractivity contribution >= 4 is 69.2 Å². The normalized spacial score (nSPS) is 12.1. The average molecular weight is 570 g/mol. The molecule has 15 heteroatoms. The number of hydrogen-bond donors (Lipinski definition) is 2. The predicted octanol–water partition coefficient (Wildman–Crippen LogP) is 4.48. The van der Waals surface area contributed by atoms with Gasteiger partial charge in [-0.2, -0.15) is 13.2 Å². The summed E-state index contributed by atoms with van der Waals surface area (Å²) < 4.78 is 56.4. The van der Waals surface area contributed by atoms with E-state index in [1.165, 1.54) is 12.1 Å². The number of hydrogen-bond acceptors (Lipinski definition) is 4. The maximum absolute atomic E-state index is 14.8. The second-order valence-electron chi connectivity index (χ2n) is 8.48. The highest BCUT2D eigenvalue weighted by atomic mass is 35.5. The minimum absolute atomic E-state index is 0.130. The summed E-state index contributed by atoms with van der Waals surface area (Å²) in [6, 6.07) is 8.56. The van der Waals surface area contributed by atoms with Crippen molar-refractivity contribution in [3.63, 3.8) is 0 Å². The Hall–Kier alpha value is -3.44. The van der Waals surface area contributed by atoms with Crippen molar-refractivity contribution in [2.75, 3.05) is 5.32 Å². The largest absolute Gasteiger partial charge is 0.505 e. The Labute approximate surface area is 232 Å². The van der Waals surface area contributed by atoms with Crippen LogP contribution in [0.2, 0.25) is 10.0 Å². The molecule has 0 aliphatic carbocycles. The fraction of sp³-hybridized carbons (Fsp3) is 0.125. The van der Waals surface area contributed by atoms with E-state index in [2.05, 4.69) is 10.3 Å². The van der Waals surface area contributed by atoms with Crippen LogP contribution in [0.15, 0.2) is 53.3 Å². The van der Waals surface area contributed by atoms with Gasteiger partial charge in [-0.25, -0.2) is 9.37 Å². The van der Waals surface area contributed by atoms with E-state index in [-0.39, 0.29) is 26.9 Å². The summed E-state index contributed by atoms with van der Waals surface area (Å²) >= 11 is 11.7. The molecule has 39 heavy (non-hydrogen) atoms. The van der Waals surface area contributed by atoms with Crippen molar-refractivity contribution < 1.29 is 27.5 Å². The zero-order chi connectivity index (χ0) is 28.9. The standard InChI is InChI=1S/C24H12B3Cl2F4N3O3/c25-23(26,27)22-35-18-15(30)5-6-16(34-20(38)11-7-13(28)19(37)14(29)8-11)17(18)21(39)36(22)9-10-3-1-2-4-12(10)24(31,32)33/h1-8,37H,9H2,(H,34,38). The highest BCUT2D eigenvalue weighted by Crippen LogP contribution is 2.34. The van der Waals surface area contributed by atoms with Gasteiger partial charge in [0.25, 0.3) is 11.5 Å². The number of halogens is 6. The van der Waals surface area contributed by atoms with Crippen LogP contribution in [0.3, 0.4) is 0 Å². The van der Waals surface area contributed by atoms with Gasteiger partial charge in [0.1, 0.15) is 11.3 Å². The lowest BCUT2D eigenvalue weighted by atomic mass is 9.42. The third-order valence-corrected chi connectivity index (χ3v) is 6.20. The van der Waals surface area contributed by atoms with Crippen LogP contribution in [0, 0.1) is 5.82 Å². The highest BCUT2D eigenvalue weighted by Gasteiger charge is 2.34. The zero-order valence-corrected chi connectivity index (χ0v) is 21.0. The van der Waals surface area contributed by atoms with Gasteiger partial charge in [0.15, 0.2) is 5.75 Å². The Morgan fingerprint density at radius 2 is 1.67 bits per heavy atom. The quantitative estimate of drug-likeness (QED) is 0.274. The molecule has 0 spiro atoms. The molecule has 0 unspecified atom stereocenters. The van der Waals surface area contributed by atoms with Crippen molar-refractivity contribution in [2.24, 2.45) is 0 Å². The highest BCUT2D eigenvalue weighted by molar-refractivity contribution is 6.58. The van der Waals surface area contributed by atoms with Gasteiger partial charge in [-0.15, -0.1) is 0 Å². The van der Waals surface area contributed by atoms with Crippen LogP contribution in [0.1, 0.15) is 27.3 Å². The van der Waals surface area contributed by atoms with Gasteiger partial charge in [-0.1, -0.05) is 46.5 Å². The number of fused-ring (bicyclic) bond motifs is 1. The number of benzene rings is 3. The van der Waals surface area contributed by atoms with Crippen LogP contribution < -0.4 is 10.9 Å². The third kappa shape index (κ3) is 5.65. The molecule has 0 bridgehead atoms. The number of amides is 1. The van der Waals surface area contributed by atoms with Crippen molar-refractivity contribution in [1.82, 2.24) is 9.55 Å². The molecule has 0 saturated carbocycles. The smallest absolute Gasteiger partial charge is 0.416 e. The summed E-state index contributed by atoms with van der Waals surface area (Å²) in [5, 5.41) is 8.78. The molecule has 0 saturated heterocycles. The Morgan fingerprint density at radius 3 is 2.26 bits per heavy atom. The molecule has 1 heterocycles. The second kappa shape index (κ2) is 10.3. The number of carbonyl (C=O) groups is 1. The first-order chi connectivity index (χ1) is 18.1. The number of alkyl halides is 3. The summed E-state index contributed by atoms with van der Waals surface area (Å²) in [6.45, 7) is -0.743. The maximum Gasteiger partial charge on any atom is 0.416 e. The van der Waals surface area contributed by atoms with E-state index >= 15 is 0 Å². The molecular weight excluding hydrogens is 558 g/mol. The van der Waals surface area contributed by atoms with Crippen molar-refractivity contribution in [2.45, 2.75) is 17.8 Å².